The maximum Gasteiger partial charge on any atom is 0.123 e. The molecule has 25 heavy (non-hydrogen) atoms. The van der Waals surface area contributed by atoms with E-state index in [-0.39, 0.29) is 0 Å². The van der Waals surface area contributed by atoms with Gasteiger partial charge in [-0.15, -0.1) is 0 Å². The van der Waals surface area contributed by atoms with Crippen molar-refractivity contribution in [3.63, 3.8) is 0 Å². The van der Waals surface area contributed by atoms with Gasteiger partial charge in [0.2, 0.25) is 0 Å². The fourth-order valence-electron chi connectivity index (χ4n) is 4.38. The normalized spacial score (nSPS) is 27.5. The Hall–Kier alpha value is -1.14. The molecular formula is C20H31N3O2. The zero-order chi connectivity index (χ0) is 16.9. The van der Waals surface area contributed by atoms with E-state index in [4.69, 9.17) is 9.47 Å². The summed E-state index contributed by atoms with van der Waals surface area (Å²) in [6, 6.07) is 9.27. The van der Waals surface area contributed by atoms with Crippen molar-refractivity contribution in [1.29, 1.82) is 0 Å². The van der Waals surface area contributed by atoms with Gasteiger partial charge in [-0.05, 0) is 31.4 Å². The van der Waals surface area contributed by atoms with Crippen LogP contribution in [0.25, 0.3) is 0 Å². The van der Waals surface area contributed by atoms with Crippen molar-refractivity contribution in [2.45, 2.75) is 25.4 Å². The van der Waals surface area contributed by atoms with Gasteiger partial charge in [0.1, 0.15) is 5.75 Å². The monoisotopic (exact) mass is 345 g/mol. The maximum atomic E-state index is 6.13. The first-order valence-corrected chi connectivity index (χ1v) is 9.85. The molecule has 3 aliphatic rings. The Bertz CT molecular complexity index is 535. The molecule has 3 aliphatic heterocycles. The summed E-state index contributed by atoms with van der Waals surface area (Å²) in [5.41, 5.74) is 1.33. The average molecular weight is 345 g/mol. The highest BCUT2D eigenvalue weighted by Crippen LogP contribution is 2.28. The molecule has 0 spiro atoms. The van der Waals surface area contributed by atoms with E-state index in [0.717, 1.165) is 64.1 Å². The highest BCUT2D eigenvalue weighted by Gasteiger charge is 2.35. The van der Waals surface area contributed by atoms with E-state index in [9.17, 15) is 0 Å². The minimum Gasteiger partial charge on any atom is -0.493 e. The highest BCUT2D eigenvalue weighted by atomic mass is 16.5. The minimum atomic E-state index is 0.710. The molecule has 2 atom stereocenters. The van der Waals surface area contributed by atoms with Crippen LogP contribution in [-0.4, -0.2) is 74.9 Å². The van der Waals surface area contributed by atoms with Crippen molar-refractivity contribution in [3.8, 4) is 5.75 Å². The lowest BCUT2D eigenvalue weighted by Gasteiger charge is -2.26. The van der Waals surface area contributed by atoms with Crippen molar-refractivity contribution in [3.05, 3.63) is 29.8 Å². The van der Waals surface area contributed by atoms with E-state index < -0.39 is 0 Å². The number of morpholine rings is 1. The van der Waals surface area contributed by atoms with Gasteiger partial charge in [-0.1, -0.05) is 18.2 Å². The first-order valence-electron chi connectivity index (χ1n) is 9.85. The third kappa shape index (κ3) is 4.53. The van der Waals surface area contributed by atoms with Crippen LogP contribution in [0.1, 0.15) is 18.4 Å². The Labute approximate surface area is 151 Å². The summed E-state index contributed by atoms with van der Waals surface area (Å²) in [5.74, 6) is 1.91. The average Bonchev–Trinajstić information content (AvgIpc) is 3.22. The predicted octanol–water partition coefficient (Wildman–Crippen LogP) is 1.58. The molecule has 0 saturated carbocycles. The van der Waals surface area contributed by atoms with Gasteiger partial charge in [-0.2, -0.15) is 0 Å². The minimum absolute atomic E-state index is 0.710. The van der Waals surface area contributed by atoms with Crippen LogP contribution in [0.2, 0.25) is 0 Å². The summed E-state index contributed by atoms with van der Waals surface area (Å²) >= 11 is 0. The Balaban J connectivity index is 1.24. The molecule has 0 aliphatic carbocycles. The van der Waals surface area contributed by atoms with Crippen LogP contribution in [0.3, 0.4) is 0 Å². The van der Waals surface area contributed by atoms with Crippen molar-refractivity contribution in [2.24, 2.45) is 5.92 Å². The lowest BCUT2D eigenvalue weighted by molar-refractivity contribution is 0.0357. The molecular weight excluding hydrogens is 314 g/mol. The number of fused-ring (bicyclic) bond motifs is 1. The zero-order valence-corrected chi connectivity index (χ0v) is 15.2. The van der Waals surface area contributed by atoms with E-state index in [1.165, 1.54) is 31.6 Å². The third-order valence-electron chi connectivity index (χ3n) is 5.78. The van der Waals surface area contributed by atoms with E-state index in [0.29, 0.717) is 6.04 Å². The molecule has 0 radical (unpaired) electrons. The quantitative estimate of drug-likeness (QED) is 0.760. The Kier molecular flexibility index (Phi) is 5.87. The molecule has 5 heteroatoms. The second kappa shape index (κ2) is 8.49. The van der Waals surface area contributed by atoms with Gasteiger partial charge < -0.3 is 14.8 Å². The molecule has 0 bridgehead atoms. The van der Waals surface area contributed by atoms with Gasteiger partial charge in [0.15, 0.2) is 0 Å². The van der Waals surface area contributed by atoms with Crippen molar-refractivity contribution in [2.75, 3.05) is 59.1 Å². The Morgan fingerprint density at radius 2 is 2.00 bits per heavy atom. The molecule has 0 aromatic heterocycles. The summed E-state index contributed by atoms with van der Waals surface area (Å²) in [7, 11) is 0. The van der Waals surface area contributed by atoms with Crippen LogP contribution in [0.15, 0.2) is 24.3 Å². The zero-order valence-electron chi connectivity index (χ0n) is 15.2. The summed E-state index contributed by atoms with van der Waals surface area (Å²) in [6.07, 6.45) is 2.41. The van der Waals surface area contributed by atoms with Gasteiger partial charge in [-0.25, -0.2) is 0 Å². The van der Waals surface area contributed by atoms with E-state index in [1.807, 2.05) is 0 Å². The number of likely N-dealkylation sites (tertiary alicyclic amines) is 1. The molecule has 5 nitrogen and oxygen atoms in total. The number of nitrogens with zero attached hydrogens (tertiary/aromatic N) is 2. The third-order valence-corrected chi connectivity index (χ3v) is 5.78. The molecule has 3 heterocycles. The molecule has 0 unspecified atom stereocenters. The standard InChI is InChI=1S/C20H31N3O2/c1-2-5-20(25-11-3-8-22-9-12-24-13-10-22)18(4-1)15-23-14-17-6-7-21-19(17)16-23/h1-2,4-5,17,19,21H,3,6-16H2/t17-,19+/m0/s1. The van der Waals surface area contributed by atoms with Crippen LogP contribution >= 0.6 is 0 Å². The number of rotatable bonds is 7. The Morgan fingerprint density at radius 1 is 1.12 bits per heavy atom. The first kappa shape index (κ1) is 17.3. The van der Waals surface area contributed by atoms with Crippen LogP contribution in [0, 0.1) is 5.92 Å². The van der Waals surface area contributed by atoms with Gasteiger partial charge in [0, 0.05) is 50.9 Å². The number of benzene rings is 1. The molecule has 138 valence electrons. The van der Waals surface area contributed by atoms with Crippen LogP contribution in [-0.2, 0) is 11.3 Å². The largest absolute Gasteiger partial charge is 0.493 e. The van der Waals surface area contributed by atoms with Crippen molar-refractivity contribution < 1.29 is 9.47 Å². The van der Waals surface area contributed by atoms with Crippen LogP contribution in [0.5, 0.6) is 5.75 Å². The van der Waals surface area contributed by atoms with E-state index in [2.05, 4.69) is 39.4 Å². The Morgan fingerprint density at radius 3 is 2.88 bits per heavy atom. The molecule has 1 aromatic rings. The fraction of sp³-hybridized carbons (Fsp3) is 0.700. The summed E-state index contributed by atoms with van der Waals surface area (Å²) < 4.78 is 11.5. The smallest absolute Gasteiger partial charge is 0.123 e. The van der Waals surface area contributed by atoms with Crippen molar-refractivity contribution >= 4 is 0 Å². The van der Waals surface area contributed by atoms with E-state index >= 15 is 0 Å². The summed E-state index contributed by atoms with van der Waals surface area (Å²) in [4.78, 5) is 5.05. The summed E-state index contributed by atoms with van der Waals surface area (Å²) in [6.45, 7) is 10.4. The van der Waals surface area contributed by atoms with Gasteiger partial charge >= 0.3 is 0 Å². The van der Waals surface area contributed by atoms with E-state index in [1.54, 1.807) is 0 Å². The second-order valence-electron chi connectivity index (χ2n) is 7.57. The first-order chi connectivity index (χ1) is 12.4. The second-order valence-corrected chi connectivity index (χ2v) is 7.57. The van der Waals surface area contributed by atoms with Gasteiger partial charge in [0.25, 0.3) is 0 Å². The molecule has 3 saturated heterocycles. The number of ether oxygens (including phenoxy) is 2. The number of hydrogen-bond donors (Lipinski definition) is 1. The molecule has 1 N–H and O–H groups in total. The lowest BCUT2D eigenvalue weighted by Crippen LogP contribution is -2.37. The van der Waals surface area contributed by atoms with Crippen LogP contribution in [0.4, 0.5) is 0 Å². The highest BCUT2D eigenvalue weighted by molar-refractivity contribution is 5.33. The number of para-hydroxylation sites is 1. The topological polar surface area (TPSA) is 37.0 Å². The van der Waals surface area contributed by atoms with Gasteiger partial charge in [-0.3, -0.25) is 9.80 Å². The van der Waals surface area contributed by atoms with Gasteiger partial charge in [0.05, 0.1) is 19.8 Å². The van der Waals surface area contributed by atoms with Crippen LogP contribution < -0.4 is 10.1 Å². The SMILES string of the molecule is c1ccc(OCCCN2CCOCC2)c(CN2C[C@@H]3CCN[C@@H]3C2)c1. The molecule has 0 amide bonds. The predicted molar refractivity (Wildman–Crippen MR) is 99.0 cm³/mol. The van der Waals surface area contributed by atoms with Crippen molar-refractivity contribution in [1.82, 2.24) is 15.1 Å². The molecule has 4 rings (SSSR count). The lowest BCUT2D eigenvalue weighted by atomic mass is 10.1. The fourth-order valence-corrected chi connectivity index (χ4v) is 4.38. The number of hydrogen-bond acceptors (Lipinski definition) is 5. The maximum absolute atomic E-state index is 6.13. The number of nitrogens with one attached hydrogen (secondary N) is 1. The molecule has 3 fully saturated rings. The summed E-state index contributed by atoms with van der Waals surface area (Å²) in [5, 5.41) is 3.64. The molecule has 1 aromatic carbocycles.